The molecule has 0 aliphatic carbocycles. The van der Waals surface area contributed by atoms with Crippen molar-refractivity contribution in [1.29, 1.82) is 0 Å². The maximum atomic E-state index is 12.0. The molecule has 4 nitrogen and oxygen atoms in total. The van der Waals surface area contributed by atoms with Crippen LogP contribution in [-0.2, 0) is 4.79 Å². The van der Waals surface area contributed by atoms with E-state index in [1.807, 2.05) is 32.8 Å². The van der Waals surface area contributed by atoms with Gasteiger partial charge in [0.2, 0.25) is 5.91 Å². The van der Waals surface area contributed by atoms with E-state index in [1.165, 1.54) is 0 Å². The van der Waals surface area contributed by atoms with E-state index in [4.69, 9.17) is 18.0 Å². The van der Waals surface area contributed by atoms with Crippen LogP contribution in [0.15, 0.2) is 0 Å². The van der Waals surface area contributed by atoms with Gasteiger partial charge in [-0.1, -0.05) is 19.1 Å². The summed E-state index contributed by atoms with van der Waals surface area (Å²) in [4.78, 5) is 14.3. The molecule has 0 aromatic carbocycles. The van der Waals surface area contributed by atoms with Crippen LogP contribution < -0.4 is 11.1 Å². The van der Waals surface area contributed by atoms with Gasteiger partial charge >= 0.3 is 0 Å². The summed E-state index contributed by atoms with van der Waals surface area (Å²) in [7, 11) is 3.94. The molecular weight excluding hydrogens is 222 g/mol. The Labute approximate surface area is 104 Å². The van der Waals surface area contributed by atoms with Crippen LogP contribution in [0.5, 0.6) is 0 Å². The molecule has 0 radical (unpaired) electrons. The highest BCUT2D eigenvalue weighted by atomic mass is 32.1. The number of nitrogens with zero attached hydrogens (tertiary/aromatic N) is 1. The van der Waals surface area contributed by atoms with Crippen LogP contribution in [-0.4, -0.2) is 42.5 Å². The van der Waals surface area contributed by atoms with E-state index in [0.29, 0.717) is 6.42 Å². The number of amides is 1. The van der Waals surface area contributed by atoms with Crippen molar-refractivity contribution in [1.82, 2.24) is 10.2 Å². The predicted molar refractivity (Wildman–Crippen MR) is 71.3 cm³/mol. The molecule has 0 saturated carbocycles. The van der Waals surface area contributed by atoms with Crippen molar-refractivity contribution in [3.63, 3.8) is 0 Å². The van der Waals surface area contributed by atoms with Gasteiger partial charge in [-0.05, 0) is 34.4 Å². The summed E-state index contributed by atoms with van der Waals surface area (Å²) in [6.45, 7) is 6.46. The molecule has 0 saturated heterocycles. The summed E-state index contributed by atoms with van der Waals surface area (Å²) in [5, 5.41) is 2.94. The van der Waals surface area contributed by atoms with Crippen LogP contribution in [0, 0.1) is 5.41 Å². The number of carbonyl (C=O) groups excluding carboxylic acids is 1. The van der Waals surface area contributed by atoms with Crippen molar-refractivity contribution in [2.75, 3.05) is 20.6 Å². The van der Waals surface area contributed by atoms with Gasteiger partial charge in [0.15, 0.2) is 0 Å². The second-order valence-electron chi connectivity index (χ2n) is 4.69. The van der Waals surface area contributed by atoms with Gasteiger partial charge in [0.1, 0.15) is 0 Å². The fraction of sp³-hybridized carbons (Fsp3) is 0.818. The van der Waals surface area contributed by atoms with Crippen LogP contribution in [0.3, 0.4) is 0 Å². The van der Waals surface area contributed by atoms with Crippen molar-refractivity contribution in [2.24, 2.45) is 11.1 Å². The maximum Gasteiger partial charge on any atom is 0.233 e. The fourth-order valence-corrected chi connectivity index (χ4v) is 1.66. The molecule has 0 rings (SSSR count). The Bertz CT molecular complexity index is 268. The second kappa shape index (κ2) is 6.15. The van der Waals surface area contributed by atoms with Gasteiger partial charge in [-0.3, -0.25) is 4.79 Å². The number of rotatable bonds is 6. The number of likely N-dealkylation sites (N-methyl/N-ethyl adjacent to an activating group) is 1. The largest absolute Gasteiger partial charge is 0.392 e. The molecule has 0 spiro atoms. The van der Waals surface area contributed by atoms with Crippen LogP contribution in [0.4, 0.5) is 0 Å². The summed E-state index contributed by atoms with van der Waals surface area (Å²) in [5.74, 6) is -0.0862. The minimum atomic E-state index is -0.740. The van der Waals surface area contributed by atoms with Gasteiger partial charge in [0, 0.05) is 12.6 Å². The van der Waals surface area contributed by atoms with Gasteiger partial charge in [-0.15, -0.1) is 0 Å². The van der Waals surface area contributed by atoms with E-state index in [-0.39, 0.29) is 16.9 Å². The van der Waals surface area contributed by atoms with Crippen molar-refractivity contribution in [3.8, 4) is 0 Å². The molecule has 94 valence electrons. The molecule has 0 aromatic heterocycles. The van der Waals surface area contributed by atoms with Crippen LogP contribution in [0.2, 0.25) is 0 Å². The molecule has 0 aliphatic rings. The number of nitrogens with two attached hydrogens (primary N) is 1. The molecule has 2 atom stereocenters. The molecule has 0 aliphatic heterocycles. The van der Waals surface area contributed by atoms with Gasteiger partial charge in [0.05, 0.1) is 10.4 Å². The van der Waals surface area contributed by atoms with Gasteiger partial charge in [-0.2, -0.15) is 0 Å². The van der Waals surface area contributed by atoms with Gasteiger partial charge in [0.25, 0.3) is 0 Å². The first-order valence-corrected chi connectivity index (χ1v) is 5.90. The number of hydrogen-bond acceptors (Lipinski definition) is 3. The highest BCUT2D eigenvalue weighted by Crippen LogP contribution is 2.21. The second-order valence-corrected chi connectivity index (χ2v) is 5.13. The monoisotopic (exact) mass is 245 g/mol. The molecule has 5 heteroatoms. The summed E-state index contributed by atoms with van der Waals surface area (Å²) in [5.41, 5.74) is 4.88. The summed E-state index contributed by atoms with van der Waals surface area (Å²) < 4.78 is 0. The van der Waals surface area contributed by atoms with Crippen molar-refractivity contribution in [2.45, 2.75) is 33.2 Å². The maximum absolute atomic E-state index is 12.0. The van der Waals surface area contributed by atoms with Crippen molar-refractivity contribution in [3.05, 3.63) is 0 Å². The standard InChI is InChI=1S/C11H23N3OS/c1-6-11(3,9(12)16)10(15)13-8(2)7-14(4)5/h8H,6-7H2,1-5H3,(H2,12,16)(H,13,15). The Morgan fingerprint density at radius 1 is 1.56 bits per heavy atom. The van der Waals surface area contributed by atoms with Gasteiger partial charge in [-0.25, -0.2) is 0 Å². The average molecular weight is 245 g/mol. The normalized spacial score (nSPS) is 16.6. The zero-order valence-electron chi connectivity index (χ0n) is 10.8. The fourth-order valence-electron chi connectivity index (χ4n) is 1.42. The predicted octanol–water partition coefficient (Wildman–Crippen LogP) is 0.755. The first kappa shape index (κ1) is 15.3. The lowest BCUT2D eigenvalue weighted by atomic mass is 9.86. The molecule has 0 aromatic rings. The Kier molecular flexibility index (Phi) is 5.89. The number of nitrogens with one attached hydrogen (secondary N) is 1. The zero-order chi connectivity index (χ0) is 12.9. The van der Waals surface area contributed by atoms with Crippen LogP contribution in [0.25, 0.3) is 0 Å². The summed E-state index contributed by atoms with van der Waals surface area (Å²) in [6.07, 6.45) is 0.614. The SMILES string of the molecule is CCC(C)(C(=O)NC(C)CN(C)C)C(N)=S. The number of hydrogen-bond donors (Lipinski definition) is 2. The first-order valence-electron chi connectivity index (χ1n) is 5.49. The molecule has 1 amide bonds. The third kappa shape index (κ3) is 4.06. The molecular formula is C11H23N3OS. The number of carbonyl (C=O) groups is 1. The summed E-state index contributed by atoms with van der Waals surface area (Å²) in [6, 6.07) is 0.0859. The summed E-state index contributed by atoms with van der Waals surface area (Å²) >= 11 is 4.95. The highest BCUT2D eigenvalue weighted by Gasteiger charge is 2.35. The molecule has 0 heterocycles. The first-order chi connectivity index (χ1) is 7.24. The minimum Gasteiger partial charge on any atom is -0.392 e. The lowest BCUT2D eigenvalue weighted by Gasteiger charge is -2.28. The van der Waals surface area contributed by atoms with E-state index in [9.17, 15) is 4.79 Å². The molecule has 0 bridgehead atoms. The van der Waals surface area contributed by atoms with Crippen LogP contribution >= 0.6 is 12.2 Å². The van der Waals surface area contributed by atoms with E-state index >= 15 is 0 Å². The van der Waals surface area contributed by atoms with Crippen molar-refractivity contribution >= 4 is 23.1 Å². The van der Waals surface area contributed by atoms with Gasteiger partial charge < -0.3 is 16.0 Å². The third-order valence-electron chi connectivity index (χ3n) is 2.77. The van der Waals surface area contributed by atoms with E-state index < -0.39 is 5.41 Å². The molecule has 2 unspecified atom stereocenters. The third-order valence-corrected chi connectivity index (χ3v) is 3.22. The van der Waals surface area contributed by atoms with Crippen LogP contribution in [0.1, 0.15) is 27.2 Å². The molecule has 0 fully saturated rings. The average Bonchev–Trinajstić information content (AvgIpc) is 2.14. The Balaban J connectivity index is 4.50. The zero-order valence-corrected chi connectivity index (χ0v) is 11.6. The van der Waals surface area contributed by atoms with Crippen molar-refractivity contribution < 1.29 is 4.79 Å². The smallest absolute Gasteiger partial charge is 0.233 e. The van der Waals surface area contributed by atoms with E-state index in [1.54, 1.807) is 6.92 Å². The van der Waals surface area contributed by atoms with E-state index in [0.717, 1.165) is 6.54 Å². The number of thiocarbonyl (C=S) groups is 1. The Morgan fingerprint density at radius 3 is 2.38 bits per heavy atom. The van der Waals surface area contributed by atoms with E-state index in [2.05, 4.69) is 5.32 Å². The highest BCUT2D eigenvalue weighted by molar-refractivity contribution is 7.80. The molecule has 3 N–H and O–H groups in total. The molecule has 16 heavy (non-hydrogen) atoms. The Hall–Kier alpha value is -0.680. The topological polar surface area (TPSA) is 58.4 Å². The quantitative estimate of drug-likeness (QED) is 0.678. The lowest BCUT2D eigenvalue weighted by molar-refractivity contribution is -0.127. The Morgan fingerprint density at radius 2 is 2.06 bits per heavy atom. The lowest BCUT2D eigenvalue weighted by Crippen LogP contribution is -2.50. The minimum absolute atomic E-state index is 0.0859.